The Bertz CT molecular complexity index is 867. The second-order valence-electron chi connectivity index (χ2n) is 6.78. The maximum atomic E-state index is 13.1. The fourth-order valence-corrected chi connectivity index (χ4v) is 6.51. The highest BCUT2D eigenvalue weighted by Gasteiger charge is 2.36. The summed E-state index contributed by atoms with van der Waals surface area (Å²) in [7, 11) is -5.33. The lowest BCUT2D eigenvalue weighted by molar-refractivity contribution is 0.149. The molecule has 2 aliphatic rings. The summed E-state index contributed by atoms with van der Waals surface area (Å²) in [5.74, 6) is 0.0484. The third-order valence-electron chi connectivity index (χ3n) is 5.20. The third-order valence-corrected chi connectivity index (χ3v) is 8.98. The molecule has 0 amide bonds. The van der Waals surface area contributed by atoms with E-state index in [-0.39, 0.29) is 23.2 Å². The summed E-state index contributed by atoms with van der Waals surface area (Å²) in [6.45, 7) is 3.17. The van der Waals surface area contributed by atoms with E-state index in [1.165, 1.54) is 8.61 Å². The van der Waals surface area contributed by atoms with Gasteiger partial charge in [0.15, 0.2) is 0 Å². The van der Waals surface area contributed by atoms with Crippen LogP contribution >= 0.6 is 0 Å². The Morgan fingerprint density at radius 1 is 1.15 bits per heavy atom. The Kier molecular flexibility index (Phi) is 5.74. The summed E-state index contributed by atoms with van der Waals surface area (Å²) in [5.41, 5.74) is 1.79. The second-order valence-corrected chi connectivity index (χ2v) is 10.9. The van der Waals surface area contributed by atoms with E-state index in [0.717, 1.165) is 24.0 Å². The summed E-state index contributed by atoms with van der Waals surface area (Å²) in [6.07, 6.45) is 2.21. The van der Waals surface area contributed by atoms with E-state index in [4.69, 9.17) is 4.74 Å². The molecule has 1 unspecified atom stereocenters. The minimum Gasteiger partial charge on any atom is -0.383 e. The van der Waals surface area contributed by atoms with Gasteiger partial charge < -0.3 is 4.74 Å². The highest BCUT2D eigenvalue weighted by Crippen LogP contribution is 2.29. The molecule has 0 aromatic heterocycles. The van der Waals surface area contributed by atoms with Crippen LogP contribution in [0.15, 0.2) is 23.1 Å². The maximum absolute atomic E-state index is 13.1. The van der Waals surface area contributed by atoms with E-state index in [9.17, 15) is 16.8 Å². The van der Waals surface area contributed by atoms with Crippen molar-refractivity contribution in [1.82, 2.24) is 8.61 Å². The first-order valence-electron chi connectivity index (χ1n) is 8.90. The Morgan fingerprint density at radius 2 is 1.92 bits per heavy atom. The SMILES string of the molecule is CCS(=O)(=O)N1CCc2ccc(S(=O)(=O)N3CCCC3COC)cc2C1. The molecule has 26 heavy (non-hydrogen) atoms. The molecule has 1 aromatic carbocycles. The van der Waals surface area contributed by atoms with Crippen LogP contribution in [-0.2, 0) is 37.7 Å². The van der Waals surface area contributed by atoms with Crippen LogP contribution in [0, 0.1) is 0 Å². The molecule has 2 aliphatic heterocycles. The first-order valence-corrected chi connectivity index (χ1v) is 11.9. The largest absolute Gasteiger partial charge is 0.383 e. The summed E-state index contributed by atoms with van der Waals surface area (Å²) in [4.78, 5) is 0.231. The number of fused-ring (bicyclic) bond motifs is 1. The van der Waals surface area contributed by atoms with Gasteiger partial charge in [-0.15, -0.1) is 0 Å². The Hall–Kier alpha value is -1.00. The standard InChI is InChI=1S/C17H26N2O5S2/c1-3-25(20,21)18-10-8-14-6-7-17(11-15(14)12-18)26(22,23)19-9-4-5-16(19)13-24-2/h6-7,11,16H,3-5,8-10,12-13H2,1-2H3. The van der Waals surface area contributed by atoms with E-state index >= 15 is 0 Å². The van der Waals surface area contributed by atoms with Gasteiger partial charge in [-0.3, -0.25) is 0 Å². The molecule has 1 fully saturated rings. The molecule has 1 atom stereocenters. The number of rotatable bonds is 6. The summed E-state index contributed by atoms with van der Waals surface area (Å²) in [5, 5.41) is 0. The van der Waals surface area contributed by atoms with Gasteiger partial charge in [0.1, 0.15) is 0 Å². The molecular formula is C17H26N2O5S2. The molecule has 9 heteroatoms. The van der Waals surface area contributed by atoms with Gasteiger partial charge in [0.05, 0.1) is 17.3 Å². The molecule has 0 aliphatic carbocycles. The zero-order chi connectivity index (χ0) is 18.9. The Labute approximate surface area is 156 Å². The van der Waals surface area contributed by atoms with Gasteiger partial charge in [-0.2, -0.15) is 8.61 Å². The van der Waals surface area contributed by atoms with Crippen LogP contribution in [0.2, 0.25) is 0 Å². The second kappa shape index (κ2) is 7.55. The van der Waals surface area contributed by atoms with Crippen molar-refractivity contribution in [1.29, 1.82) is 0 Å². The fourth-order valence-electron chi connectivity index (χ4n) is 3.71. The van der Waals surface area contributed by atoms with Crippen molar-refractivity contribution in [3.05, 3.63) is 29.3 Å². The van der Waals surface area contributed by atoms with E-state index in [1.54, 1.807) is 26.2 Å². The first-order chi connectivity index (χ1) is 12.3. The fraction of sp³-hybridized carbons (Fsp3) is 0.647. The Balaban J connectivity index is 1.90. The number of ether oxygens (including phenoxy) is 1. The molecule has 2 heterocycles. The predicted molar refractivity (Wildman–Crippen MR) is 98.8 cm³/mol. The van der Waals surface area contributed by atoms with Crippen molar-refractivity contribution in [2.75, 3.05) is 32.6 Å². The third kappa shape index (κ3) is 3.68. The lowest BCUT2D eigenvalue weighted by atomic mass is 10.0. The Morgan fingerprint density at radius 3 is 2.62 bits per heavy atom. The van der Waals surface area contributed by atoms with Crippen molar-refractivity contribution in [3.63, 3.8) is 0 Å². The van der Waals surface area contributed by atoms with Crippen LogP contribution in [0.4, 0.5) is 0 Å². The van der Waals surface area contributed by atoms with Gasteiger partial charge in [0, 0.05) is 32.8 Å². The van der Waals surface area contributed by atoms with Gasteiger partial charge in [-0.1, -0.05) is 6.07 Å². The van der Waals surface area contributed by atoms with Crippen molar-refractivity contribution in [2.24, 2.45) is 0 Å². The van der Waals surface area contributed by atoms with E-state index < -0.39 is 20.0 Å². The van der Waals surface area contributed by atoms with Crippen LogP contribution < -0.4 is 0 Å². The smallest absolute Gasteiger partial charge is 0.243 e. The van der Waals surface area contributed by atoms with Gasteiger partial charge >= 0.3 is 0 Å². The number of sulfonamides is 2. The maximum Gasteiger partial charge on any atom is 0.243 e. The summed E-state index contributed by atoms with van der Waals surface area (Å²) >= 11 is 0. The minimum absolute atomic E-state index is 0.0484. The lowest BCUT2D eigenvalue weighted by Gasteiger charge is -2.29. The highest BCUT2D eigenvalue weighted by atomic mass is 32.2. The normalized spacial score (nSPS) is 22.5. The van der Waals surface area contributed by atoms with Crippen molar-refractivity contribution < 1.29 is 21.6 Å². The van der Waals surface area contributed by atoms with Crippen LogP contribution in [0.1, 0.15) is 30.9 Å². The number of hydrogen-bond donors (Lipinski definition) is 0. The van der Waals surface area contributed by atoms with Gasteiger partial charge in [0.2, 0.25) is 20.0 Å². The molecule has 0 spiro atoms. The summed E-state index contributed by atoms with van der Waals surface area (Å²) in [6, 6.07) is 4.96. The van der Waals surface area contributed by atoms with Gasteiger partial charge in [-0.25, -0.2) is 16.8 Å². The van der Waals surface area contributed by atoms with Crippen molar-refractivity contribution in [2.45, 2.75) is 43.7 Å². The van der Waals surface area contributed by atoms with Crippen LogP contribution in [0.25, 0.3) is 0 Å². The molecule has 3 rings (SSSR count). The molecule has 0 N–H and O–H groups in total. The number of methoxy groups -OCH3 is 1. The van der Waals surface area contributed by atoms with Gasteiger partial charge in [0.25, 0.3) is 0 Å². The predicted octanol–water partition coefficient (Wildman–Crippen LogP) is 1.19. The van der Waals surface area contributed by atoms with E-state index in [0.29, 0.717) is 26.1 Å². The minimum atomic E-state index is -3.62. The zero-order valence-corrected chi connectivity index (χ0v) is 16.9. The molecule has 1 aromatic rings. The molecule has 1 saturated heterocycles. The van der Waals surface area contributed by atoms with Crippen LogP contribution in [-0.4, -0.2) is 64.0 Å². The molecule has 0 saturated carbocycles. The van der Waals surface area contributed by atoms with Crippen molar-refractivity contribution in [3.8, 4) is 0 Å². The molecule has 146 valence electrons. The zero-order valence-electron chi connectivity index (χ0n) is 15.2. The molecule has 7 nitrogen and oxygen atoms in total. The lowest BCUT2D eigenvalue weighted by Crippen LogP contribution is -2.39. The topological polar surface area (TPSA) is 84.0 Å². The van der Waals surface area contributed by atoms with Crippen LogP contribution in [0.5, 0.6) is 0 Å². The number of benzene rings is 1. The van der Waals surface area contributed by atoms with Crippen molar-refractivity contribution >= 4 is 20.0 Å². The van der Waals surface area contributed by atoms with E-state index in [1.807, 2.05) is 6.07 Å². The highest BCUT2D eigenvalue weighted by molar-refractivity contribution is 7.89. The summed E-state index contributed by atoms with van der Waals surface area (Å²) < 4.78 is 58.6. The molecular weight excluding hydrogens is 376 g/mol. The average molecular weight is 403 g/mol. The molecule has 0 radical (unpaired) electrons. The monoisotopic (exact) mass is 402 g/mol. The van der Waals surface area contributed by atoms with Gasteiger partial charge in [-0.05, 0) is 49.4 Å². The van der Waals surface area contributed by atoms with E-state index in [2.05, 4.69) is 0 Å². The first kappa shape index (κ1) is 19.8. The quantitative estimate of drug-likeness (QED) is 0.714. The number of hydrogen-bond acceptors (Lipinski definition) is 5. The average Bonchev–Trinajstić information content (AvgIpc) is 3.10. The molecule has 0 bridgehead atoms. The van der Waals surface area contributed by atoms with Crippen LogP contribution in [0.3, 0.4) is 0 Å². The number of nitrogens with zero attached hydrogens (tertiary/aromatic N) is 2.